The molecular weight excluding hydrogens is 312 g/mol. The molecule has 2 rings (SSSR count). The molecule has 1 aliphatic rings. The van der Waals surface area contributed by atoms with Crippen LogP contribution in [0.4, 0.5) is 8.78 Å². The molecule has 0 saturated carbocycles. The van der Waals surface area contributed by atoms with Crippen molar-refractivity contribution in [2.24, 2.45) is 5.92 Å². The zero-order valence-corrected chi connectivity index (χ0v) is 13.0. The molecule has 1 atom stereocenters. The van der Waals surface area contributed by atoms with Gasteiger partial charge in [0.05, 0.1) is 12.0 Å². The van der Waals surface area contributed by atoms with Crippen LogP contribution in [0.3, 0.4) is 0 Å². The summed E-state index contributed by atoms with van der Waals surface area (Å²) in [4.78, 5) is 1.49. The summed E-state index contributed by atoms with van der Waals surface area (Å²) >= 11 is 0. The average Bonchev–Trinajstić information content (AvgIpc) is 2.47. The third kappa shape index (κ3) is 3.61. The summed E-state index contributed by atoms with van der Waals surface area (Å²) in [5.41, 5.74) is 0. The second-order valence-corrected chi connectivity index (χ2v) is 7.22. The second-order valence-electron chi connectivity index (χ2n) is 5.31. The van der Waals surface area contributed by atoms with Crippen molar-refractivity contribution in [3.63, 3.8) is 0 Å². The smallest absolute Gasteiger partial charge is 0.246 e. The number of benzene rings is 1. The lowest BCUT2D eigenvalue weighted by atomic mass is 10.2. The molecule has 1 aliphatic heterocycles. The average molecular weight is 329 g/mol. The molecule has 1 saturated heterocycles. The maximum Gasteiger partial charge on any atom is 0.246 e. The first-order valence-electron chi connectivity index (χ1n) is 6.92. The Hall–Kier alpha value is -1.56. The van der Waals surface area contributed by atoms with Crippen molar-refractivity contribution in [3.05, 3.63) is 29.8 Å². The van der Waals surface area contributed by atoms with E-state index in [0.29, 0.717) is 25.7 Å². The van der Waals surface area contributed by atoms with Crippen LogP contribution in [-0.4, -0.2) is 50.3 Å². The molecule has 0 bridgehead atoms. The molecule has 120 valence electrons. The Morgan fingerprint density at radius 3 is 2.45 bits per heavy atom. The van der Waals surface area contributed by atoms with E-state index >= 15 is 0 Å². The van der Waals surface area contributed by atoms with Crippen molar-refractivity contribution in [1.29, 1.82) is 5.26 Å². The van der Waals surface area contributed by atoms with Crippen LogP contribution in [0, 0.1) is 28.9 Å². The number of nitrogens with zero attached hydrogens (tertiary/aromatic N) is 3. The molecular formula is C14H17F2N3O2S. The summed E-state index contributed by atoms with van der Waals surface area (Å²) in [6.45, 7) is 3.78. The Morgan fingerprint density at radius 1 is 1.27 bits per heavy atom. The number of sulfonamides is 1. The lowest BCUT2D eigenvalue weighted by Crippen LogP contribution is -2.49. The van der Waals surface area contributed by atoms with Crippen molar-refractivity contribution in [3.8, 4) is 6.07 Å². The fourth-order valence-corrected chi connectivity index (χ4v) is 3.87. The monoisotopic (exact) mass is 329 g/mol. The molecule has 0 radical (unpaired) electrons. The van der Waals surface area contributed by atoms with E-state index in [0.717, 1.165) is 12.1 Å². The number of piperazine rings is 1. The van der Waals surface area contributed by atoms with E-state index in [-0.39, 0.29) is 19.0 Å². The lowest BCUT2D eigenvalue weighted by molar-refractivity contribution is 0.178. The Labute approximate surface area is 128 Å². The normalized spacial score (nSPS) is 18.8. The Balaban J connectivity index is 2.08. The molecule has 1 aromatic rings. The zero-order chi connectivity index (χ0) is 16.3. The first kappa shape index (κ1) is 16.8. The van der Waals surface area contributed by atoms with Gasteiger partial charge in [-0.25, -0.2) is 17.2 Å². The van der Waals surface area contributed by atoms with Gasteiger partial charge in [-0.2, -0.15) is 9.57 Å². The van der Waals surface area contributed by atoms with Crippen LogP contribution in [0.1, 0.15) is 6.92 Å². The number of rotatable bonds is 4. The van der Waals surface area contributed by atoms with E-state index in [4.69, 9.17) is 5.26 Å². The highest BCUT2D eigenvalue weighted by molar-refractivity contribution is 7.89. The topological polar surface area (TPSA) is 64.4 Å². The highest BCUT2D eigenvalue weighted by Crippen LogP contribution is 2.21. The van der Waals surface area contributed by atoms with Crippen LogP contribution in [0.5, 0.6) is 0 Å². The maximum atomic E-state index is 13.7. The first-order chi connectivity index (χ1) is 10.3. The van der Waals surface area contributed by atoms with Crippen LogP contribution in [0.25, 0.3) is 0 Å². The van der Waals surface area contributed by atoms with Gasteiger partial charge >= 0.3 is 0 Å². The van der Waals surface area contributed by atoms with Crippen LogP contribution >= 0.6 is 0 Å². The van der Waals surface area contributed by atoms with E-state index in [2.05, 4.69) is 6.07 Å². The van der Waals surface area contributed by atoms with Crippen molar-refractivity contribution < 1.29 is 17.2 Å². The highest BCUT2D eigenvalue weighted by atomic mass is 32.2. The minimum Gasteiger partial charge on any atom is -0.299 e. The second kappa shape index (κ2) is 6.69. The third-order valence-corrected chi connectivity index (χ3v) is 5.53. The van der Waals surface area contributed by atoms with Crippen LogP contribution in [0.15, 0.2) is 23.1 Å². The Morgan fingerprint density at radius 2 is 1.91 bits per heavy atom. The summed E-state index contributed by atoms with van der Waals surface area (Å²) in [7, 11) is -3.97. The third-order valence-electron chi connectivity index (χ3n) is 3.60. The fraction of sp³-hybridized carbons (Fsp3) is 0.500. The molecule has 1 aromatic carbocycles. The Bertz CT molecular complexity index is 680. The van der Waals surface area contributed by atoms with Gasteiger partial charge in [-0.3, -0.25) is 4.90 Å². The van der Waals surface area contributed by atoms with Gasteiger partial charge in [0.2, 0.25) is 10.0 Å². The van der Waals surface area contributed by atoms with E-state index in [1.807, 2.05) is 4.90 Å². The van der Waals surface area contributed by atoms with Gasteiger partial charge in [0, 0.05) is 38.8 Å². The predicted octanol–water partition coefficient (Wildman–Crippen LogP) is 1.43. The zero-order valence-electron chi connectivity index (χ0n) is 12.2. The molecule has 8 heteroatoms. The number of halogens is 2. The molecule has 5 nitrogen and oxygen atoms in total. The van der Waals surface area contributed by atoms with Gasteiger partial charge in [0.25, 0.3) is 0 Å². The number of hydrogen-bond donors (Lipinski definition) is 0. The SMILES string of the molecule is C[C@@H](C#N)CN1CCN(S(=O)(=O)c2ccc(F)cc2F)CC1. The molecule has 22 heavy (non-hydrogen) atoms. The van der Waals surface area contributed by atoms with Crippen LogP contribution in [-0.2, 0) is 10.0 Å². The summed E-state index contributed by atoms with van der Waals surface area (Å²) in [6, 6.07) is 4.58. The summed E-state index contributed by atoms with van der Waals surface area (Å²) < 4.78 is 52.6. The van der Waals surface area contributed by atoms with Gasteiger partial charge in [-0.15, -0.1) is 0 Å². The number of hydrogen-bond acceptors (Lipinski definition) is 4. The van der Waals surface area contributed by atoms with Crippen LogP contribution in [0.2, 0.25) is 0 Å². The molecule has 0 aliphatic carbocycles. The van der Waals surface area contributed by atoms with Crippen LogP contribution < -0.4 is 0 Å². The summed E-state index contributed by atoms with van der Waals surface area (Å²) in [6.07, 6.45) is 0. The lowest BCUT2D eigenvalue weighted by Gasteiger charge is -2.34. The van der Waals surface area contributed by atoms with E-state index < -0.39 is 26.6 Å². The van der Waals surface area contributed by atoms with Gasteiger partial charge in [0.15, 0.2) is 0 Å². The maximum absolute atomic E-state index is 13.7. The molecule has 0 unspecified atom stereocenters. The van der Waals surface area contributed by atoms with E-state index in [9.17, 15) is 17.2 Å². The molecule has 1 fully saturated rings. The Kier molecular flexibility index (Phi) is 5.11. The van der Waals surface area contributed by atoms with E-state index in [1.54, 1.807) is 6.92 Å². The molecule has 1 heterocycles. The minimum absolute atomic E-state index is 0.127. The summed E-state index contributed by atoms with van der Waals surface area (Å²) in [5.74, 6) is -2.02. The highest BCUT2D eigenvalue weighted by Gasteiger charge is 2.31. The predicted molar refractivity (Wildman–Crippen MR) is 76.3 cm³/mol. The van der Waals surface area contributed by atoms with Gasteiger partial charge in [0.1, 0.15) is 16.5 Å². The minimum atomic E-state index is -3.97. The fourth-order valence-electron chi connectivity index (χ4n) is 2.40. The van der Waals surface area contributed by atoms with Gasteiger partial charge in [-0.1, -0.05) is 0 Å². The molecule has 0 spiro atoms. The van der Waals surface area contributed by atoms with Gasteiger partial charge < -0.3 is 0 Å². The standard InChI is InChI=1S/C14H17F2N3O2S/c1-11(9-17)10-18-4-6-19(7-5-18)22(20,21)14-3-2-12(15)8-13(14)16/h2-3,8,11H,4-7,10H2,1H3/t11-/m0/s1. The molecule has 0 aromatic heterocycles. The van der Waals surface area contributed by atoms with Crippen molar-refractivity contribution in [2.75, 3.05) is 32.7 Å². The number of nitriles is 1. The van der Waals surface area contributed by atoms with E-state index in [1.165, 1.54) is 4.31 Å². The van der Waals surface area contributed by atoms with Crippen molar-refractivity contribution in [1.82, 2.24) is 9.21 Å². The summed E-state index contributed by atoms with van der Waals surface area (Å²) in [5, 5.41) is 8.79. The van der Waals surface area contributed by atoms with Gasteiger partial charge in [-0.05, 0) is 19.1 Å². The first-order valence-corrected chi connectivity index (χ1v) is 8.36. The van der Waals surface area contributed by atoms with Crippen molar-refractivity contribution in [2.45, 2.75) is 11.8 Å². The largest absolute Gasteiger partial charge is 0.299 e. The quantitative estimate of drug-likeness (QED) is 0.838. The van der Waals surface area contributed by atoms with Crippen molar-refractivity contribution >= 4 is 10.0 Å². The molecule has 0 N–H and O–H groups in total. The molecule has 0 amide bonds.